The number of ether oxygens (including phenoxy) is 2. The number of rotatable bonds is 7. The van der Waals surface area contributed by atoms with Crippen molar-refractivity contribution in [2.24, 2.45) is 0 Å². The highest BCUT2D eigenvalue weighted by Crippen LogP contribution is 2.32. The summed E-state index contributed by atoms with van der Waals surface area (Å²) in [5.74, 6) is 1.67. The van der Waals surface area contributed by atoms with Gasteiger partial charge in [-0.2, -0.15) is 0 Å². The fourth-order valence-electron chi connectivity index (χ4n) is 2.55. The van der Waals surface area contributed by atoms with E-state index in [9.17, 15) is 9.59 Å². The third-order valence-corrected chi connectivity index (χ3v) is 4.61. The number of carbonyl (C=O) groups excluding carboxylic acids is 2. The molecule has 0 heterocycles. The van der Waals surface area contributed by atoms with Gasteiger partial charge in [-0.1, -0.05) is 54.5 Å². The van der Waals surface area contributed by atoms with Gasteiger partial charge in [0.1, 0.15) is 0 Å². The average molecular weight is 382 g/mol. The molecular formula is C22H22O4S. The highest BCUT2D eigenvalue weighted by molar-refractivity contribution is 8.03. The number of hydrogen-bond donors (Lipinski definition) is 0. The van der Waals surface area contributed by atoms with Crippen LogP contribution >= 0.6 is 11.8 Å². The van der Waals surface area contributed by atoms with Crippen LogP contribution in [0, 0.1) is 11.2 Å². The third kappa shape index (κ3) is 5.15. The monoisotopic (exact) mass is 382 g/mol. The Bertz CT molecular complexity index is 788. The van der Waals surface area contributed by atoms with Crippen molar-refractivity contribution in [1.82, 2.24) is 0 Å². The van der Waals surface area contributed by atoms with E-state index in [1.807, 2.05) is 36.4 Å². The van der Waals surface area contributed by atoms with Crippen LogP contribution in [-0.2, 0) is 24.5 Å². The van der Waals surface area contributed by atoms with E-state index in [1.54, 1.807) is 38.1 Å². The summed E-state index contributed by atoms with van der Waals surface area (Å²) in [5.41, 5.74) is -1.08. The van der Waals surface area contributed by atoms with Crippen molar-refractivity contribution in [2.45, 2.75) is 30.6 Å². The fourth-order valence-corrected chi connectivity index (χ4v) is 3.10. The molecule has 0 fully saturated rings. The van der Waals surface area contributed by atoms with E-state index < -0.39 is 17.4 Å². The number of benzene rings is 2. The van der Waals surface area contributed by atoms with Crippen LogP contribution in [0.1, 0.15) is 25.8 Å². The van der Waals surface area contributed by atoms with E-state index in [-0.39, 0.29) is 19.6 Å². The van der Waals surface area contributed by atoms with Crippen molar-refractivity contribution < 1.29 is 19.1 Å². The first-order valence-electron chi connectivity index (χ1n) is 8.74. The van der Waals surface area contributed by atoms with Gasteiger partial charge in [0.25, 0.3) is 0 Å². The number of esters is 2. The van der Waals surface area contributed by atoms with Crippen molar-refractivity contribution in [2.75, 3.05) is 13.2 Å². The van der Waals surface area contributed by atoms with E-state index in [2.05, 4.69) is 11.2 Å². The molecule has 0 aromatic heterocycles. The molecule has 0 spiro atoms. The molecule has 0 atom stereocenters. The molecule has 5 heteroatoms. The van der Waals surface area contributed by atoms with E-state index in [0.29, 0.717) is 5.56 Å². The summed E-state index contributed by atoms with van der Waals surface area (Å²) in [6.07, 6.45) is -0.0193. The van der Waals surface area contributed by atoms with Gasteiger partial charge in [0.05, 0.1) is 13.2 Å². The Hall–Kier alpha value is -2.71. The molecule has 0 unspecified atom stereocenters. The van der Waals surface area contributed by atoms with Crippen molar-refractivity contribution in [1.29, 1.82) is 0 Å². The third-order valence-electron chi connectivity index (χ3n) is 3.85. The molecule has 0 saturated heterocycles. The van der Waals surface area contributed by atoms with E-state index in [4.69, 9.17) is 9.47 Å². The molecule has 140 valence electrons. The molecular weight excluding hydrogens is 360 g/mol. The Morgan fingerprint density at radius 1 is 0.889 bits per heavy atom. The Morgan fingerprint density at radius 2 is 1.41 bits per heavy atom. The van der Waals surface area contributed by atoms with Gasteiger partial charge in [-0.05, 0) is 48.6 Å². The van der Waals surface area contributed by atoms with Crippen molar-refractivity contribution in [3.63, 3.8) is 0 Å². The second-order valence-corrected chi connectivity index (χ2v) is 6.46. The number of hydrogen-bond acceptors (Lipinski definition) is 5. The molecule has 4 nitrogen and oxygen atoms in total. The van der Waals surface area contributed by atoms with E-state index in [0.717, 1.165) is 4.90 Å². The maximum Gasteiger partial charge on any atom is 0.329 e. The molecule has 0 radical (unpaired) electrons. The lowest BCUT2D eigenvalue weighted by molar-refractivity contribution is -0.164. The lowest BCUT2D eigenvalue weighted by Crippen LogP contribution is -2.46. The summed E-state index contributed by atoms with van der Waals surface area (Å²) in [4.78, 5) is 26.7. The predicted octanol–water partition coefficient (Wildman–Crippen LogP) is 4.19. The van der Waals surface area contributed by atoms with Gasteiger partial charge in [0.15, 0.2) is 0 Å². The number of carbonyl (C=O) groups is 2. The van der Waals surface area contributed by atoms with Crippen LogP contribution in [0.15, 0.2) is 65.6 Å². The van der Waals surface area contributed by atoms with Crippen molar-refractivity contribution in [3.8, 4) is 11.2 Å². The lowest BCUT2D eigenvalue weighted by atomic mass is 9.77. The van der Waals surface area contributed by atoms with Gasteiger partial charge in [0.2, 0.25) is 5.41 Å². The van der Waals surface area contributed by atoms with Gasteiger partial charge in [-0.15, -0.1) is 0 Å². The van der Waals surface area contributed by atoms with Crippen LogP contribution < -0.4 is 0 Å². The molecule has 0 amide bonds. The molecule has 0 aliphatic rings. The minimum Gasteiger partial charge on any atom is -0.465 e. The minimum atomic E-state index is -1.60. The first kappa shape index (κ1) is 20.6. The smallest absolute Gasteiger partial charge is 0.329 e. The highest BCUT2D eigenvalue weighted by atomic mass is 32.2. The highest BCUT2D eigenvalue weighted by Gasteiger charge is 2.50. The number of thioether (sulfide) groups is 1. The quantitative estimate of drug-likeness (QED) is 0.311. The summed E-state index contributed by atoms with van der Waals surface area (Å²) in [7, 11) is 0. The second-order valence-electron chi connectivity index (χ2n) is 5.58. The summed E-state index contributed by atoms with van der Waals surface area (Å²) in [5, 5.41) is 2.97. The lowest BCUT2D eigenvalue weighted by Gasteiger charge is -2.27. The topological polar surface area (TPSA) is 52.6 Å². The normalized spacial score (nSPS) is 10.4. The molecule has 27 heavy (non-hydrogen) atoms. The van der Waals surface area contributed by atoms with E-state index >= 15 is 0 Å². The molecule has 2 aromatic rings. The Balaban J connectivity index is 2.38. The van der Waals surface area contributed by atoms with Crippen LogP contribution in [0.25, 0.3) is 0 Å². The first-order valence-corrected chi connectivity index (χ1v) is 9.56. The standard InChI is InChI=1S/C22H22O4S/c1-3-25-20(23)22(21(24)26-4-2,18-12-7-5-8-13-18)16-11-17-27-19-14-9-6-10-15-19/h5-10,12-15H,3-4,16H2,1-2H3. The first-order chi connectivity index (χ1) is 13.1. The van der Waals surface area contributed by atoms with Gasteiger partial charge in [0, 0.05) is 11.3 Å². The van der Waals surface area contributed by atoms with Gasteiger partial charge < -0.3 is 9.47 Å². The van der Waals surface area contributed by atoms with Crippen molar-refractivity contribution in [3.05, 3.63) is 66.2 Å². The molecule has 0 bridgehead atoms. The summed E-state index contributed by atoms with van der Waals surface area (Å²) < 4.78 is 10.5. The molecule has 0 aliphatic carbocycles. The zero-order valence-corrected chi connectivity index (χ0v) is 16.3. The summed E-state index contributed by atoms with van der Waals surface area (Å²) in [6, 6.07) is 18.5. The average Bonchev–Trinajstić information content (AvgIpc) is 2.70. The van der Waals surface area contributed by atoms with Gasteiger partial charge >= 0.3 is 11.9 Å². The van der Waals surface area contributed by atoms with Gasteiger partial charge in [-0.3, -0.25) is 9.59 Å². The SMILES string of the molecule is CCOC(=O)C(CC#CSc1ccccc1)(C(=O)OCC)c1ccccc1. The Labute approximate surface area is 164 Å². The predicted molar refractivity (Wildman–Crippen MR) is 106 cm³/mol. The molecule has 2 rings (SSSR count). The van der Waals surface area contributed by atoms with Crippen LogP contribution in [0.4, 0.5) is 0 Å². The Kier molecular flexibility index (Phi) is 7.97. The maximum absolute atomic E-state index is 12.8. The van der Waals surface area contributed by atoms with Crippen LogP contribution in [0.2, 0.25) is 0 Å². The summed E-state index contributed by atoms with van der Waals surface area (Å²) in [6.45, 7) is 3.74. The largest absolute Gasteiger partial charge is 0.465 e. The van der Waals surface area contributed by atoms with Crippen LogP contribution in [0.5, 0.6) is 0 Å². The van der Waals surface area contributed by atoms with Crippen molar-refractivity contribution >= 4 is 23.7 Å². The van der Waals surface area contributed by atoms with Crippen LogP contribution in [-0.4, -0.2) is 25.2 Å². The maximum atomic E-state index is 12.8. The molecule has 0 saturated carbocycles. The van der Waals surface area contributed by atoms with E-state index in [1.165, 1.54) is 11.8 Å². The zero-order valence-electron chi connectivity index (χ0n) is 15.4. The van der Waals surface area contributed by atoms with Crippen LogP contribution in [0.3, 0.4) is 0 Å². The molecule has 2 aromatic carbocycles. The van der Waals surface area contributed by atoms with Gasteiger partial charge in [-0.25, -0.2) is 0 Å². The molecule has 0 N–H and O–H groups in total. The summed E-state index contributed by atoms with van der Waals surface area (Å²) >= 11 is 1.34. The minimum absolute atomic E-state index is 0.0193. The fraction of sp³-hybridized carbons (Fsp3) is 0.273. The second kappa shape index (κ2) is 10.4. The Morgan fingerprint density at radius 3 is 1.93 bits per heavy atom. The zero-order chi connectivity index (χ0) is 19.5. The molecule has 0 aliphatic heterocycles.